The standard InChI is InChI=1S/C29H40N2O5/c1-17(2)9-8-10-18(3)30-24-14-12-21-22(16-25(24)33)23(31-19(4)32)13-11-20-15-26(34-5)28(35-6)29(36-7)27(20)21/h12,14-18,23H,8-11,13H2,1-7H3,(H,30,33)(H,31,32). The van der Waals surface area contributed by atoms with Gasteiger partial charge in [0.15, 0.2) is 11.5 Å². The van der Waals surface area contributed by atoms with Crippen LogP contribution in [0.4, 0.5) is 5.69 Å². The lowest BCUT2D eigenvalue weighted by atomic mass is 9.95. The molecule has 2 aromatic rings. The number of fused-ring (bicyclic) bond motifs is 3. The average molecular weight is 497 g/mol. The number of carbonyl (C=O) groups is 1. The van der Waals surface area contributed by atoms with Crippen LogP contribution in [-0.4, -0.2) is 33.3 Å². The topological polar surface area (TPSA) is 85.9 Å². The van der Waals surface area contributed by atoms with E-state index in [1.54, 1.807) is 27.4 Å². The summed E-state index contributed by atoms with van der Waals surface area (Å²) in [4.78, 5) is 25.5. The van der Waals surface area contributed by atoms with Gasteiger partial charge in [0.1, 0.15) is 0 Å². The molecule has 0 bridgehead atoms. The smallest absolute Gasteiger partial charge is 0.217 e. The molecule has 0 saturated carbocycles. The fourth-order valence-electron chi connectivity index (χ4n) is 5.00. The van der Waals surface area contributed by atoms with Crippen molar-refractivity contribution in [3.8, 4) is 28.4 Å². The van der Waals surface area contributed by atoms with Crippen LogP contribution >= 0.6 is 0 Å². The van der Waals surface area contributed by atoms with Gasteiger partial charge in [-0.05, 0) is 67.0 Å². The van der Waals surface area contributed by atoms with Crippen LogP contribution in [0.25, 0.3) is 11.1 Å². The van der Waals surface area contributed by atoms with Crippen LogP contribution in [0, 0.1) is 5.92 Å². The largest absolute Gasteiger partial charge is 0.493 e. The lowest BCUT2D eigenvalue weighted by molar-refractivity contribution is -0.119. The van der Waals surface area contributed by atoms with Crippen molar-refractivity contribution in [3.63, 3.8) is 0 Å². The molecule has 0 fully saturated rings. The number of hydrogen-bond donors (Lipinski definition) is 2. The molecule has 3 rings (SSSR count). The van der Waals surface area contributed by atoms with Crippen LogP contribution < -0.4 is 30.3 Å². The van der Waals surface area contributed by atoms with Crippen LogP contribution in [0.3, 0.4) is 0 Å². The quantitative estimate of drug-likeness (QED) is 0.452. The zero-order chi connectivity index (χ0) is 26.4. The van der Waals surface area contributed by atoms with Gasteiger partial charge in [-0.2, -0.15) is 0 Å². The van der Waals surface area contributed by atoms with Gasteiger partial charge in [-0.3, -0.25) is 9.59 Å². The van der Waals surface area contributed by atoms with Crippen molar-refractivity contribution in [3.05, 3.63) is 45.6 Å². The minimum Gasteiger partial charge on any atom is -0.493 e. The summed E-state index contributed by atoms with van der Waals surface area (Å²) in [5, 5.41) is 6.46. The molecule has 0 heterocycles. The summed E-state index contributed by atoms with van der Waals surface area (Å²) in [7, 11) is 4.77. The Bertz CT molecular complexity index is 1150. The number of methoxy groups -OCH3 is 3. The number of benzene rings is 1. The van der Waals surface area contributed by atoms with E-state index in [1.807, 2.05) is 18.2 Å². The Morgan fingerprint density at radius 1 is 1.03 bits per heavy atom. The van der Waals surface area contributed by atoms with E-state index >= 15 is 0 Å². The monoisotopic (exact) mass is 496 g/mol. The highest BCUT2D eigenvalue weighted by Crippen LogP contribution is 2.50. The van der Waals surface area contributed by atoms with E-state index in [2.05, 4.69) is 31.4 Å². The Morgan fingerprint density at radius 2 is 1.75 bits per heavy atom. The summed E-state index contributed by atoms with van der Waals surface area (Å²) in [6, 6.07) is 7.25. The highest BCUT2D eigenvalue weighted by molar-refractivity contribution is 5.83. The van der Waals surface area contributed by atoms with Crippen molar-refractivity contribution in [2.45, 2.75) is 71.9 Å². The molecule has 2 atom stereocenters. The van der Waals surface area contributed by atoms with Crippen LogP contribution in [0.5, 0.6) is 17.2 Å². The molecule has 1 aliphatic rings. The van der Waals surface area contributed by atoms with Crippen LogP contribution in [0.1, 0.15) is 70.5 Å². The fraction of sp³-hybridized carbons (Fsp3) is 0.517. The SMILES string of the molecule is COc1cc2c(c(OC)c1OC)-c1ccc(NC(C)CCCC(C)C)c(=O)cc1C(NC(C)=O)CC2. The molecule has 2 N–H and O–H groups in total. The van der Waals surface area contributed by atoms with Gasteiger partial charge in [0.25, 0.3) is 0 Å². The highest BCUT2D eigenvalue weighted by Gasteiger charge is 2.29. The predicted octanol–water partition coefficient (Wildman–Crippen LogP) is 5.49. The van der Waals surface area contributed by atoms with Gasteiger partial charge < -0.3 is 24.8 Å². The van der Waals surface area contributed by atoms with Crippen molar-refractivity contribution in [2.75, 3.05) is 26.6 Å². The molecule has 7 nitrogen and oxygen atoms in total. The second kappa shape index (κ2) is 12.2. The molecule has 0 radical (unpaired) electrons. The normalized spacial score (nSPS) is 15.3. The molecule has 196 valence electrons. The number of aryl methyl sites for hydroxylation is 1. The Balaban J connectivity index is 2.17. The number of hydrogen-bond acceptors (Lipinski definition) is 6. The third kappa shape index (κ3) is 6.12. The number of ether oxygens (including phenoxy) is 3. The first-order chi connectivity index (χ1) is 17.2. The first-order valence-electron chi connectivity index (χ1n) is 12.7. The summed E-state index contributed by atoms with van der Waals surface area (Å²) in [5.41, 5.74) is 3.89. The maximum atomic E-state index is 13.4. The molecule has 2 aromatic carbocycles. The average Bonchev–Trinajstić information content (AvgIpc) is 3.06. The third-order valence-corrected chi connectivity index (χ3v) is 6.74. The van der Waals surface area contributed by atoms with Gasteiger partial charge in [-0.1, -0.05) is 32.8 Å². The molecule has 0 spiro atoms. The first-order valence-corrected chi connectivity index (χ1v) is 12.7. The van der Waals surface area contributed by atoms with E-state index in [0.29, 0.717) is 41.7 Å². The number of amides is 1. The van der Waals surface area contributed by atoms with E-state index in [-0.39, 0.29) is 23.4 Å². The van der Waals surface area contributed by atoms with Crippen molar-refractivity contribution in [1.29, 1.82) is 0 Å². The highest BCUT2D eigenvalue weighted by atomic mass is 16.5. The molecular weight excluding hydrogens is 456 g/mol. The first kappa shape index (κ1) is 27.4. The zero-order valence-electron chi connectivity index (χ0n) is 22.6. The molecule has 0 aliphatic heterocycles. The van der Waals surface area contributed by atoms with Crippen molar-refractivity contribution in [2.24, 2.45) is 5.92 Å². The summed E-state index contributed by atoms with van der Waals surface area (Å²) in [5.74, 6) is 2.14. The predicted molar refractivity (Wildman–Crippen MR) is 144 cm³/mol. The van der Waals surface area contributed by atoms with E-state index in [4.69, 9.17) is 14.2 Å². The van der Waals surface area contributed by atoms with Crippen molar-refractivity contribution >= 4 is 11.6 Å². The molecule has 7 heteroatoms. The Labute approximate surface area is 214 Å². The minimum atomic E-state index is -0.317. The third-order valence-electron chi connectivity index (χ3n) is 6.74. The second-order valence-electron chi connectivity index (χ2n) is 9.97. The number of nitrogens with one attached hydrogen (secondary N) is 2. The lowest BCUT2D eigenvalue weighted by Gasteiger charge is -2.19. The fourth-order valence-corrected chi connectivity index (χ4v) is 5.00. The van der Waals surface area contributed by atoms with Gasteiger partial charge in [0.05, 0.1) is 33.1 Å². The maximum Gasteiger partial charge on any atom is 0.217 e. The van der Waals surface area contributed by atoms with Crippen LogP contribution in [0.2, 0.25) is 0 Å². The van der Waals surface area contributed by atoms with Crippen LogP contribution in [0.15, 0.2) is 29.1 Å². The number of carbonyl (C=O) groups excluding carboxylic acids is 1. The van der Waals surface area contributed by atoms with Crippen molar-refractivity contribution in [1.82, 2.24) is 5.32 Å². The summed E-state index contributed by atoms with van der Waals surface area (Å²) < 4.78 is 17.1. The van der Waals surface area contributed by atoms with Crippen LogP contribution in [-0.2, 0) is 11.2 Å². The molecule has 1 aliphatic carbocycles. The Morgan fingerprint density at radius 3 is 2.36 bits per heavy atom. The van der Waals surface area contributed by atoms with E-state index in [1.165, 1.54) is 6.92 Å². The second-order valence-corrected chi connectivity index (χ2v) is 9.97. The summed E-state index contributed by atoms with van der Waals surface area (Å²) in [6.45, 7) is 8.05. The number of anilines is 1. The molecule has 0 saturated heterocycles. The molecule has 2 unspecified atom stereocenters. The van der Waals surface area contributed by atoms with Gasteiger partial charge in [-0.15, -0.1) is 0 Å². The molecule has 36 heavy (non-hydrogen) atoms. The Hall–Kier alpha value is -3.22. The zero-order valence-corrected chi connectivity index (χ0v) is 22.6. The lowest BCUT2D eigenvalue weighted by Crippen LogP contribution is -2.26. The van der Waals surface area contributed by atoms with Gasteiger partial charge in [-0.25, -0.2) is 0 Å². The minimum absolute atomic E-state index is 0.106. The molecule has 0 aromatic heterocycles. The van der Waals surface area contributed by atoms with E-state index < -0.39 is 0 Å². The maximum absolute atomic E-state index is 13.4. The summed E-state index contributed by atoms with van der Waals surface area (Å²) in [6.07, 6.45) is 4.55. The Kier molecular flexibility index (Phi) is 9.24. The van der Waals surface area contributed by atoms with Crippen molar-refractivity contribution < 1.29 is 19.0 Å². The van der Waals surface area contributed by atoms with E-state index in [9.17, 15) is 9.59 Å². The molecule has 1 amide bonds. The number of rotatable bonds is 10. The summed E-state index contributed by atoms with van der Waals surface area (Å²) >= 11 is 0. The van der Waals surface area contributed by atoms with Gasteiger partial charge >= 0.3 is 0 Å². The van der Waals surface area contributed by atoms with Gasteiger partial charge in [0.2, 0.25) is 17.1 Å². The van der Waals surface area contributed by atoms with Gasteiger partial charge in [0, 0.05) is 18.5 Å². The molecular formula is C29H40N2O5. The van der Waals surface area contributed by atoms with E-state index in [0.717, 1.165) is 41.5 Å².